The molecule has 28 heavy (non-hydrogen) atoms. The van der Waals surface area contributed by atoms with Gasteiger partial charge in [0.1, 0.15) is 5.76 Å². The third kappa shape index (κ3) is 5.46. The van der Waals surface area contributed by atoms with Gasteiger partial charge in [0.05, 0.1) is 23.5 Å². The van der Waals surface area contributed by atoms with Crippen molar-refractivity contribution in [1.29, 1.82) is 0 Å². The van der Waals surface area contributed by atoms with E-state index in [0.29, 0.717) is 19.6 Å². The lowest BCUT2D eigenvalue weighted by molar-refractivity contribution is -0.137. The van der Waals surface area contributed by atoms with Gasteiger partial charge in [0.2, 0.25) is 5.91 Å². The van der Waals surface area contributed by atoms with E-state index in [9.17, 15) is 18.0 Å². The maximum atomic E-state index is 13.1. The Morgan fingerprint density at radius 1 is 1.21 bits per heavy atom. The molecule has 1 aromatic heterocycles. The Morgan fingerprint density at radius 2 is 1.89 bits per heavy atom. The van der Waals surface area contributed by atoms with Crippen LogP contribution in [0, 0.1) is 6.92 Å². The monoisotopic (exact) mass is 416 g/mol. The van der Waals surface area contributed by atoms with E-state index in [1.165, 1.54) is 12.1 Å². The molecule has 0 radical (unpaired) electrons. The first-order valence-electron chi connectivity index (χ1n) is 8.74. The van der Waals surface area contributed by atoms with Gasteiger partial charge in [-0.25, -0.2) is 0 Å². The summed E-state index contributed by atoms with van der Waals surface area (Å²) in [5, 5.41) is 6.27. The molecule has 6 nitrogen and oxygen atoms in total. The molecule has 10 heteroatoms. The quantitative estimate of drug-likeness (QED) is 0.809. The van der Waals surface area contributed by atoms with Gasteiger partial charge in [-0.1, -0.05) is 16.8 Å². The first-order chi connectivity index (χ1) is 13.2. The first-order valence-corrected chi connectivity index (χ1v) is 9.12. The normalized spacial score (nSPS) is 16.3. The minimum absolute atomic E-state index is 0.0246. The van der Waals surface area contributed by atoms with Crippen LogP contribution in [0.5, 0.6) is 0 Å². The molecule has 1 amide bonds. The van der Waals surface area contributed by atoms with Crippen LogP contribution in [0.3, 0.4) is 0 Å². The molecule has 0 atom stereocenters. The van der Waals surface area contributed by atoms with Gasteiger partial charge in [-0.15, -0.1) is 0 Å². The van der Waals surface area contributed by atoms with Crippen molar-refractivity contribution in [3.63, 3.8) is 0 Å². The SMILES string of the molecule is Cc1cc(CN2CCN(CC(=O)Nc3ccc(Cl)cc3C(F)(F)F)CC2)no1. The Labute approximate surface area is 165 Å². The predicted octanol–water partition coefficient (Wildman–Crippen LogP) is 3.41. The van der Waals surface area contributed by atoms with Crippen LogP contribution >= 0.6 is 11.6 Å². The number of carbonyl (C=O) groups excluding carboxylic acids is 1. The van der Waals surface area contributed by atoms with Crippen molar-refractivity contribution in [2.24, 2.45) is 0 Å². The second-order valence-electron chi connectivity index (χ2n) is 6.72. The number of anilines is 1. The lowest BCUT2D eigenvalue weighted by atomic mass is 10.1. The number of nitrogens with zero attached hydrogens (tertiary/aromatic N) is 3. The molecule has 2 aromatic rings. The lowest BCUT2D eigenvalue weighted by Gasteiger charge is -2.33. The summed E-state index contributed by atoms with van der Waals surface area (Å²) >= 11 is 5.65. The molecular weight excluding hydrogens is 397 g/mol. The van der Waals surface area contributed by atoms with Gasteiger partial charge in [0, 0.05) is 43.8 Å². The van der Waals surface area contributed by atoms with Crippen LogP contribution in [0.25, 0.3) is 0 Å². The number of aryl methyl sites for hydroxylation is 1. The summed E-state index contributed by atoms with van der Waals surface area (Å²) in [5.41, 5.74) is -0.394. The molecule has 1 fully saturated rings. The number of hydrogen-bond acceptors (Lipinski definition) is 5. The molecule has 2 heterocycles. The van der Waals surface area contributed by atoms with Crippen LogP contribution in [0.2, 0.25) is 5.02 Å². The zero-order valence-corrected chi connectivity index (χ0v) is 16.0. The van der Waals surface area contributed by atoms with Gasteiger partial charge >= 0.3 is 6.18 Å². The highest BCUT2D eigenvalue weighted by Gasteiger charge is 2.34. The smallest absolute Gasteiger partial charge is 0.361 e. The van der Waals surface area contributed by atoms with Gasteiger partial charge in [-0.3, -0.25) is 14.6 Å². The van der Waals surface area contributed by atoms with E-state index in [4.69, 9.17) is 16.1 Å². The van der Waals surface area contributed by atoms with Gasteiger partial charge in [0.15, 0.2) is 0 Å². The first kappa shape index (κ1) is 20.6. The molecular formula is C18H20ClF3N4O2. The van der Waals surface area contributed by atoms with Crippen LogP contribution in [0.15, 0.2) is 28.8 Å². The molecule has 0 unspecified atom stereocenters. The fraction of sp³-hybridized carbons (Fsp3) is 0.444. The Kier molecular flexibility index (Phi) is 6.26. The molecule has 0 aliphatic carbocycles. The zero-order chi connectivity index (χ0) is 20.3. The molecule has 1 aliphatic heterocycles. The summed E-state index contributed by atoms with van der Waals surface area (Å²) in [6, 6.07) is 5.17. The average Bonchev–Trinajstić information content (AvgIpc) is 3.02. The van der Waals surface area contributed by atoms with Crippen molar-refractivity contribution in [2.45, 2.75) is 19.6 Å². The number of piperazine rings is 1. The van der Waals surface area contributed by atoms with E-state index in [1.807, 2.05) is 17.9 Å². The van der Waals surface area contributed by atoms with Crippen LogP contribution in [-0.4, -0.2) is 53.6 Å². The third-order valence-electron chi connectivity index (χ3n) is 4.46. The van der Waals surface area contributed by atoms with Crippen LogP contribution in [0.1, 0.15) is 17.0 Å². The Morgan fingerprint density at radius 3 is 2.50 bits per heavy atom. The topological polar surface area (TPSA) is 61.6 Å². The molecule has 3 rings (SSSR count). The Balaban J connectivity index is 1.51. The number of alkyl halides is 3. The lowest BCUT2D eigenvalue weighted by Crippen LogP contribution is -2.48. The van der Waals surface area contributed by atoms with Gasteiger partial charge < -0.3 is 9.84 Å². The van der Waals surface area contributed by atoms with Crippen molar-refractivity contribution in [1.82, 2.24) is 15.0 Å². The fourth-order valence-corrected chi connectivity index (χ4v) is 3.25. The maximum Gasteiger partial charge on any atom is 0.418 e. The number of hydrogen-bond donors (Lipinski definition) is 1. The number of halogens is 4. The highest BCUT2D eigenvalue weighted by molar-refractivity contribution is 6.30. The zero-order valence-electron chi connectivity index (χ0n) is 15.2. The van der Waals surface area contributed by atoms with Crippen LogP contribution < -0.4 is 5.32 Å². The Hall–Kier alpha value is -2.10. The molecule has 1 saturated heterocycles. The minimum atomic E-state index is -4.60. The maximum absolute atomic E-state index is 13.1. The summed E-state index contributed by atoms with van der Waals surface area (Å²) < 4.78 is 44.4. The summed E-state index contributed by atoms with van der Waals surface area (Å²) in [7, 11) is 0. The molecule has 1 aliphatic rings. The van der Waals surface area contributed by atoms with Crippen LogP contribution in [0.4, 0.5) is 18.9 Å². The molecule has 1 N–H and O–H groups in total. The predicted molar refractivity (Wildman–Crippen MR) is 98.0 cm³/mol. The molecule has 1 aromatic carbocycles. The minimum Gasteiger partial charge on any atom is -0.361 e. The average molecular weight is 417 g/mol. The fourth-order valence-electron chi connectivity index (χ4n) is 3.08. The molecule has 0 bridgehead atoms. The van der Waals surface area contributed by atoms with Crippen molar-refractivity contribution >= 4 is 23.2 Å². The van der Waals surface area contributed by atoms with Gasteiger partial charge in [0.25, 0.3) is 0 Å². The van der Waals surface area contributed by atoms with E-state index in [1.54, 1.807) is 0 Å². The molecule has 0 spiro atoms. The number of aromatic nitrogens is 1. The standard InChI is InChI=1S/C18H20ClF3N4O2/c1-12-8-14(24-28-12)10-25-4-6-26(7-5-25)11-17(27)23-16-3-2-13(19)9-15(16)18(20,21)22/h2-3,8-9H,4-7,10-11H2,1H3,(H,23,27). The van der Waals surface area contributed by atoms with Crippen molar-refractivity contribution in [3.05, 3.63) is 46.3 Å². The summed E-state index contributed by atoms with van der Waals surface area (Å²) in [6.45, 7) is 5.25. The van der Waals surface area contributed by atoms with E-state index in [0.717, 1.165) is 30.6 Å². The van der Waals surface area contributed by atoms with E-state index < -0.39 is 17.6 Å². The summed E-state index contributed by atoms with van der Waals surface area (Å²) in [6.07, 6.45) is -4.60. The summed E-state index contributed by atoms with van der Waals surface area (Å²) in [5.74, 6) is 0.263. The number of carbonyl (C=O) groups is 1. The van der Waals surface area contributed by atoms with Crippen molar-refractivity contribution < 1.29 is 22.5 Å². The summed E-state index contributed by atoms with van der Waals surface area (Å²) in [4.78, 5) is 16.3. The largest absolute Gasteiger partial charge is 0.418 e. The highest BCUT2D eigenvalue weighted by atomic mass is 35.5. The van der Waals surface area contributed by atoms with E-state index in [2.05, 4.69) is 15.4 Å². The number of rotatable bonds is 5. The molecule has 0 saturated carbocycles. The second kappa shape index (κ2) is 8.50. The highest BCUT2D eigenvalue weighted by Crippen LogP contribution is 2.36. The van der Waals surface area contributed by atoms with Crippen LogP contribution in [-0.2, 0) is 17.5 Å². The van der Waals surface area contributed by atoms with E-state index in [-0.39, 0.29) is 17.3 Å². The third-order valence-corrected chi connectivity index (χ3v) is 4.69. The number of nitrogens with one attached hydrogen (secondary N) is 1. The van der Waals surface area contributed by atoms with Crippen molar-refractivity contribution in [3.8, 4) is 0 Å². The number of benzene rings is 1. The van der Waals surface area contributed by atoms with Gasteiger partial charge in [-0.2, -0.15) is 13.2 Å². The van der Waals surface area contributed by atoms with Gasteiger partial charge in [-0.05, 0) is 25.1 Å². The molecule has 152 valence electrons. The number of amides is 1. The van der Waals surface area contributed by atoms with Crippen molar-refractivity contribution in [2.75, 3.05) is 38.0 Å². The Bertz CT molecular complexity index is 832. The second-order valence-corrected chi connectivity index (χ2v) is 7.15. The van der Waals surface area contributed by atoms with E-state index >= 15 is 0 Å².